The molecule has 3 rings (SSSR count). The molecule has 2 aliphatic rings. The minimum atomic E-state index is 0. The van der Waals surface area contributed by atoms with Crippen molar-refractivity contribution in [1.82, 2.24) is 20.4 Å². The van der Waals surface area contributed by atoms with Crippen LogP contribution in [0, 0.1) is 5.92 Å². The quantitative estimate of drug-likeness (QED) is 0.305. The highest BCUT2D eigenvalue weighted by molar-refractivity contribution is 14.0. The van der Waals surface area contributed by atoms with Crippen LogP contribution in [-0.4, -0.2) is 81.3 Å². The van der Waals surface area contributed by atoms with Gasteiger partial charge in [-0.15, -0.1) is 35.3 Å². The van der Waals surface area contributed by atoms with Crippen molar-refractivity contribution in [3.8, 4) is 0 Å². The first kappa shape index (κ1) is 24.8. The molecule has 2 fully saturated rings. The van der Waals surface area contributed by atoms with Crippen LogP contribution >= 0.6 is 35.3 Å². The lowest BCUT2D eigenvalue weighted by molar-refractivity contribution is 0.0186. The van der Waals surface area contributed by atoms with Crippen LogP contribution < -0.4 is 10.6 Å². The minimum absolute atomic E-state index is 0. The molecule has 0 aliphatic carbocycles. The molecule has 0 spiro atoms. The van der Waals surface area contributed by atoms with Crippen molar-refractivity contribution >= 4 is 41.3 Å². The highest BCUT2D eigenvalue weighted by Crippen LogP contribution is 2.26. The van der Waals surface area contributed by atoms with Gasteiger partial charge in [0.15, 0.2) is 5.96 Å². The topological polar surface area (TPSA) is 52.1 Å². The van der Waals surface area contributed by atoms with E-state index >= 15 is 0 Å². The van der Waals surface area contributed by atoms with E-state index in [0.717, 1.165) is 64.4 Å². The molecule has 0 radical (unpaired) electrons. The van der Waals surface area contributed by atoms with Crippen LogP contribution in [-0.2, 0) is 4.74 Å². The molecule has 166 valence electrons. The molecule has 0 bridgehead atoms. The molecular formula is C21H38IN5OS. The maximum Gasteiger partial charge on any atom is 0.191 e. The summed E-state index contributed by atoms with van der Waals surface area (Å²) in [4.78, 5) is 11.4. The molecule has 3 heterocycles. The second-order valence-electron chi connectivity index (χ2n) is 7.87. The summed E-state index contributed by atoms with van der Waals surface area (Å²) in [7, 11) is 0. The molecule has 1 aromatic rings. The summed E-state index contributed by atoms with van der Waals surface area (Å²) in [6.07, 6.45) is 2.71. The van der Waals surface area contributed by atoms with Gasteiger partial charge in [0.2, 0.25) is 0 Å². The van der Waals surface area contributed by atoms with Crippen LogP contribution in [0.15, 0.2) is 22.5 Å². The Balaban J connectivity index is 0.00000300. The third-order valence-corrected chi connectivity index (χ3v) is 6.56. The molecule has 0 aromatic carbocycles. The van der Waals surface area contributed by atoms with Gasteiger partial charge in [-0.05, 0) is 43.7 Å². The SMILES string of the molecule is CCNC(=NCC(c1cccs1)N1CCOCC1)NCCN1CCCC(C)C1.I. The van der Waals surface area contributed by atoms with Crippen LogP contribution in [0.4, 0.5) is 0 Å². The largest absolute Gasteiger partial charge is 0.379 e. The van der Waals surface area contributed by atoms with E-state index in [1.54, 1.807) is 0 Å². The van der Waals surface area contributed by atoms with Crippen LogP contribution in [0.2, 0.25) is 0 Å². The Morgan fingerprint density at radius 1 is 1.31 bits per heavy atom. The van der Waals surface area contributed by atoms with Gasteiger partial charge in [-0.2, -0.15) is 0 Å². The molecule has 1 aromatic heterocycles. The maximum absolute atomic E-state index is 5.55. The molecule has 2 saturated heterocycles. The molecule has 2 unspecified atom stereocenters. The van der Waals surface area contributed by atoms with E-state index in [1.165, 1.54) is 30.8 Å². The molecule has 29 heavy (non-hydrogen) atoms. The molecule has 8 heteroatoms. The fraction of sp³-hybridized carbons (Fsp3) is 0.762. The number of hydrogen-bond donors (Lipinski definition) is 2. The van der Waals surface area contributed by atoms with E-state index in [1.807, 2.05) is 11.3 Å². The lowest BCUT2D eigenvalue weighted by Crippen LogP contribution is -2.44. The summed E-state index contributed by atoms with van der Waals surface area (Å²) in [5, 5.41) is 9.12. The summed E-state index contributed by atoms with van der Waals surface area (Å²) >= 11 is 1.83. The van der Waals surface area contributed by atoms with E-state index in [2.05, 4.69) is 51.8 Å². The average Bonchev–Trinajstić information content (AvgIpc) is 3.23. The zero-order valence-electron chi connectivity index (χ0n) is 17.9. The third-order valence-electron chi connectivity index (χ3n) is 5.59. The van der Waals surface area contributed by atoms with E-state index in [0.29, 0.717) is 6.04 Å². The van der Waals surface area contributed by atoms with Crippen molar-refractivity contribution in [1.29, 1.82) is 0 Å². The van der Waals surface area contributed by atoms with Gasteiger partial charge in [-0.25, -0.2) is 0 Å². The average molecular weight is 536 g/mol. The van der Waals surface area contributed by atoms with Crippen LogP contribution in [0.25, 0.3) is 0 Å². The number of hydrogen-bond acceptors (Lipinski definition) is 5. The van der Waals surface area contributed by atoms with Gasteiger partial charge in [0.1, 0.15) is 0 Å². The van der Waals surface area contributed by atoms with Gasteiger partial charge < -0.3 is 20.3 Å². The highest BCUT2D eigenvalue weighted by atomic mass is 127. The number of thiophene rings is 1. The third kappa shape index (κ3) is 8.32. The number of morpholine rings is 1. The standard InChI is InChI=1S/C21H37N5OS.HI/c1-3-22-21(23-8-10-25-9-4-6-18(2)17-25)24-16-19(20-7-5-15-28-20)26-11-13-27-14-12-26;/h5,7,15,18-19H,3-4,6,8-14,16-17H2,1-2H3,(H2,22,23,24);1H. The summed E-state index contributed by atoms with van der Waals surface area (Å²) < 4.78 is 5.55. The Labute approximate surface area is 197 Å². The van der Waals surface area contributed by atoms with E-state index in [4.69, 9.17) is 9.73 Å². The molecule has 0 amide bonds. The van der Waals surface area contributed by atoms with Gasteiger partial charge >= 0.3 is 0 Å². The fourth-order valence-corrected chi connectivity index (χ4v) is 4.95. The number of likely N-dealkylation sites (tertiary alicyclic amines) is 1. The molecule has 2 aliphatic heterocycles. The first-order valence-electron chi connectivity index (χ1n) is 10.9. The first-order chi connectivity index (χ1) is 13.8. The number of guanidine groups is 1. The molecular weight excluding hydrogens is 497 g/mol. The predicted octanol–water partition coefficient (Wildman–Crippen LogP) is 3.03. The van der Waals surface area contributed by atoms with Gasteiger partial charge in [0, 0.05) is 44.1 Å². The van der Waals surface area contributed by atoms with Crippen LogP contribution in [0.5, 0.6) is 0 Å². The van der Waals surface area contributed by atoms with E-state index in [-0.39, 0.29) is 24.0 Å². The first-order valence-corrected chi connectivity index (χ1v) is 11.7. The maximum atomic E-state index is 5.55. The van der Waals surface area contributed by atoms with Crippen molar-refractivity contribution in [2.45, 2.75) is 32.7 Å². The highest BCUT2D eigenvalue weighted by Gasteiger charge is 2.23. The molecule has 2 atom stereocenters. The van der Waals surface area contributed by atoms with Gasteiger partial charge in [-0.1, -0.05) is 13.0 Å². The van der Waals surface area contributed by atoms with Crippen molar-refractivity contribution in [2.24, 2.45) is 10.9 Å². The molecule has 6 nitrogen and oxygen atoms in total. The molecule has 2 N–H and O–H groups in total. The fourth-order valence-electron chi connectivity index (χ4n) is 4.10. The Morgan fingerprint density at radius 2 is 2.14 bits per heavy atom. The lowest BCUT2D eigenvalue weighted by Gasteiger charge is -2.33. The number of ether oxygens (including phenoxy) is 1. The van der Waals surface area contributed by atoms with Crippen molar-refractivity contribution < 1.29 is 4.74 Å². The van der Waals surface area contributed by atoms with Gasteiger partial charge in [0.25, 0.3) is 0 Å². The van der Waals surface area contributed by atoms with Gasteiger partial charge in [-0.3, -0.25) is 9.89 Å². The summed E-state index contributed by atoms with van der Waals surface area (Å²) in [6.45, 7) is 14.2. The van der Waals surface area contributed by atoms with Crippen LogP contribution in [0.1, 0.15) is 37.6 Å². The summed E-state index contributed by atoms with van der Waals surface area (Å²) in [5.74, 6) is 1.76. The Kier molecular flexibility index (Phi) is 11.8. The van der Waals surface area contributed by atoms with Crippen molar-refractivity contribution in [2.75, 3.05) is 65.6 Å². The van der Waals surface area contributed by atoms with Crippen molar-refractivity contribution in [3.63, 3.8) is 0 Å². The van der Waals surface area contributed by atoms with E-state index in [9.17, 15) is 0 Å². The smallest absolute Gasteiger partial charge is 0.191 e. The zero-order chi connectivity index (χ0) is 19.6. The van der Waals surface area contributed by atoms with E-state index < -0.39 is 0 Å². The second-order valence-corrected chi connectivity index (χ2v) is 8.85. The predicted molar refractivity (Wildman–Crippen MR) is 134 cm³/mol. The number of nitrogens with one attached hydrogen (secondary N) is 2. The molecule has 0 saturated carbocycles. The lowest BCUT2D eigenvalue weighted by atomic mass is 10.0. The Hall–Kier alpha value is -0.420. The minimum Gasteiger partial charge on any atom is -0.379 e. The van der Waals surface area contributed by atoms with Crippen molar-refractivity contribution in [3.05, 3.63) is 22.4 Å². The normalized spacial score (nSPS) is 22.7. The Bertz CT molecular complexity index is 580. The number of nitrogens with zero attached hydrogens (tertiary/aromatic N) is 3. The summed E-state index contributed by atoms with van der Waals surface area (Å²) in [5.41, 5.74) is 0. The number of halogens is 1. The van der Waals surface area contributed by atoms with Crippen LogP contribution in [0.3, 0.4) is 0 Å². The number of aliphatic imine (C=N–C) groups is 1. The second kappa shape index (κ2) is 13.8. The van der Waals surface area contributed by atoms with Gasteiger partial charge in [0.05, 0.1) is 25.8 Å². The Morgan fingerprint density at radius 3 is 2.83 bits per heavy atom. The monoisotopic (exact) mass is 535 g/mol. The number of rotatable bonds is 8. The number of piperidine rings is 1. The summed E-state index contributed by atoms with van der Waals surface area (Å²) in [6, 6.07) is 4.71. The zero-order valence-corrected chi connectivity index (χ0v) is 21.1.